The van der Waals surface area contributed by atoms with Crippen molar-refractivity contribution in [3.05, 3.63) is 30.9 Å². The molecule has 2 unspecified atom stereocenters. The molecular weight excluding hydrogens is 379 g/mol. The fourth-order valence-corrected chi connectivity index (χ4v) is 3.62. The molecule has 0 amide bonds. The molecule has 0 aliphatic heterocycles. The topological polar surface area (TPSA) is 44.1 Å². The molecular formula is C24H43N2O2P. The van der Waals surface area contributed by atoms with Crippen molar-refractivity contribution in [3.8, 4) is 0 Å². The van der Waals surface area contributed by atoms with Crippen LogP contribution in [-0.2, 0) is 9.53 Å². The first-order valence-electron chi connectivity index (χ1n) is 11.8. The van der Waals surface area contributed by atoms with Crippen molar-refractivity contribution in [3.63, 3.8) is 0 Å². The number of rotatable bonds is 19. The molecule has 4 nitrogen and oxygen atoms in total. The van der Waals surface area contributed by atoms with Crippen molar-refractivity contribution in [2.75, 3.05) is 12.8 Å². The Morgan fingerprint density at radius 3 is 2.62 bits per heavy atom. The molecule has 0 aliphatic carbocycles. The van der Waals surface area contributed by atoms with Gasteiger partial charge in [-0.05, 0) is 44.7 Å². The van der Waals surface area contributed by atoms with Crippen molar-refractivity contribution < 1.29 is 9.53 Å². The van der Waals surface area contributed by atoms with E-state index in [-0.39, 0.29) is 5.97 Å². The van der Waals surface area contributed by atoms with Gasteiger partial charge in [0.2, 0.25) is 0 Å². The molecule has 0 N–H and O–H groups in total. The van der Waals surface area contributed by atoms with Crippen LogP contribution in [0.3, 0.4) is 0 Å². The van der Waals surface area contributed by atoms with E-state index in [1.165, 1.54) is 51.4 Å². The predicted molar refractivity (Wildman–Crippen MR) is 126 cm³/mol. The van der Waals surface area contributed by atoms with E-state index in [0.29, 0.717) is 19.1 Å². The maximum Gasteiger partial charge on any atom is 0.305 e. The summed E-state index contributed by atoms with van der Waals surface area (Å²) in [4.78, 5) is 15.7. The first-order chi connectivity index (χ1) is 14.3. The van der Waals surface area contributed by atoms with Gasteiger partial charge in [0.15, 0.2) is 0 Å². The second-order valence-corrected chi connectivity index (χ2v) is 8.47. The molecule has 1 heterocycles. The third-order valence-corrected chi connectivity index (χ3v) is 5.68. The highest BCUT2D eigenvalue weighted by atomic mass is 31.0. The molecule has 0 spiro atoms. The number of hydrogen-bond acceptors (Lipinski definition) is 3. The Balaban J connectivity index is 2.05. The number of hydrogen-bond donors (Lipinski definition) is 0. The number of unbranched alkanes of at least 4 members (excludes halogenated alkanes) is 8. The summed E-state index contributed by atoms with van der Waals surface area (Å²) in [6.07, 6.45) is 27.7. The third-order valence-electron chi connectivity index (χ3n) is 5.28. The zero-order valence-electron chi connectivity index (χ0n) is 18.6. The van der Waals surface area contributed by atoms with E-state index < -0.39 is 0 Å². The Bertz CT molecular complexity index is 517. The molecule has 1 rings (SSSR count). The number of allylic oxidation sites excluding steroid dienone is 2. The molecule has 1 aromatic rings. The lowest BCUT2D eigenvalue weighted by atomic mass is 10.0. The van der Waals surface area contributed by atoms with Crippen LogP contribution in [0.15, 0.2) is 30.9 Å². The Kier molecular flexibility index (Phi) is 16.8. The monoisotopic (exact) mass is 422 g/mol. The molecule has 0 fully saturated rings. The van der Waals surface area contributed by atoms with Crippen molar-refractivity contribution in [2.45, 2.75) is 103 Å². The van der Waals surface area contributed by atoms with E-state index >= 15 is 0 Å². The van der Waals surface area contributed by atoms with Crippen LogP contribution in [0.5, 0.6) is 0 Å². The highest BCUT2D eigenvalue weighted by Crippen LogP contribution is 2.21. The minimum Gasteiger partial charge on any atom is -0.466 e. The Morgan fingerprint density at radius 2 is 1.86 bits per heavy atom. The Hall–Kier alpha value is -1.15. The summed E-state index contributed by atoms with van der Waals surface area (Å²) in [5.74, 6) is -0.0338. The van der Waals surface area contributed by atoms with Crippen molar-refractivity contribution >= 4 is 15.2 Å². The highest BCUT2D eigenvalue weighted by molar-refractivity contribution is 7.16. The van der Waals surface area contributed by atoms with Gasteiger partial charge < -0.3 is 9.30 Å². The number of aromatic nitrogens is 2. The summed E-state index contributed by atoms with van der Waals surface area (Å²) in [6.45, 7) is 2.83. The maximum absolute atomic E-state index is 11.5. The number of nitrogens with zero attached hydrogens (tertiary/aromatic N) is 2. The number of carbonyl (C=O) groups is 1. The highest BCUT2D eigenvalue weighted by Gasteiger charge is 2.08. The summed E-state index contributed by atoms with van der Waals surface area (Å²) >= 11 is 0. The van der Waals surface area contributed by atoms with Crippen LogP contribution in [0.2, 0.25) is 0 Å². The molecule has 166 valence electrons. The Morgan fingerprint density at radius 1 is 1.07 bits per heavy atom. The molecule has 0 saturated carbocycles. The predicted octanol–water partition coefficient (Wildman–Crippen LogP) is 6.88. The lowest BCUT2D eigenvalue weighted by molar-refractivity contribution is -0.143. The van der Waals surface area contributed by atoms with Crippen LogP contribution in [0, 0.1) is 0 Å². The van der Waals surface area contributed by atoms with Gasteiger partial charge in [0.1, 0.15) is 0 Å². The number of carbonyl (C=O) groups excluding carboxylic acids is 1. The van der Waals surface area contributed by atoms with Crippen LogP contribution in [0.4, 0.5) is 0 Å². The molecule has 0 radical (unpaired) electrons. The van der Waals surface area contributed by atoms with E-state index in [1.807, 2.05) is 12.5 Å². The van der Waals surface area contributed by atoms with Gasteiger partial charge in [-0.15, -0.1) is 9.24 Å². The number of imidazole rings is 1. The van der Waals surface area contributed by atoms with Gasteiger partial charge >= 0.3 is 5.97 Å². The van der Waals surface area contributed by atoms with Gasteiger partial charge in [-0.1, -0.05) is 64.0 Å². The number of ether oxygens (including phenoxy) is 1. The molecule has 1 aromatic heterocycles. The zero-order valence-corrected chi connectivity index (χ0v) is 19.7. The standard InChI is InChI=1S/C24H43N2O2P/c1-2-3-4-11-15-23(26-19-18-25-22-26)16-12-9-7-5-6-8-10-13-17-24(27)28-20-14-21-29/h9,12,18-19,22-23H,2-8,10-11,13-17,20-21,29H2,1H3/b12-9-. The van der Waals surface area contributed by atoms with Crippen molar-refractivity contribution in [1.82, 2.24) is 9.55 Å². The van der Waals surface area contributed by atoms with E-state index in [0.717, 1.165) is 38.3 Å². The number of esters is 1. The molecule has 29 heavy (non-hydrogen) atoms. The van der Waals surface area contributed by atoms with Gasteiger partial charge in [-0.3, -0.25) is 4.79 Å². The van der Waals surface area contributed by atoms with Gasteiger partial charge in [0.05, 0.1) is 12.9 Å². The van der Waals surface area contributed by atoms with Crippen LogP contribution >= 0.6 is 9.24 Å². The van der Waals surface area contributed by atoms with E-state index in [4.69, 9.17) is 4.74 Å². The van der Waals surface area contributed by atoms with Crippen LogP contribution in [0.1, 0.15) is 103 Å². The lowest BCUT2D eigenvalue weighted by Gasteiger charge is -2.16. The zero-order chi connectivity index (χ0) is 21.0. The maximum atomic E-state index is 11.5. The average molecular weight is 423 g/mol. The molecule has 0 aliphatic rings. The quantitative estimate of drug-likeness (QED) is 0.106. The van der Waals surface area contributed by atoms with Gasteiger partial charge in [-0.25, -0.2) is 4.98 Å². The summed E-state index contributed by atoms with van der Waals surface area (Å²) in [6, 6.07) is 0.543. The fraction of sp³-hybridized carbons (Fsp3) is 0.750. The Labute approximate surface area is 181 Å². The molecule has 0 bridgehead atoms. The van der Waals surface area contributed by atoms with E-state index in [2.05, 4.69) is 44.1 Å². The molecule has 5 heteroatoms. The molecule has 0 aromatic carbocycles. The van der Waals surface area contributed by atoms with Gasteiger partial charge in [0, 0.05) is 24.9 Å². The van der Waals surface area contributed by atoms with Crippen molar-refractivity contribution in [2.24, 2.45) is 0 Å². The van der Waals surface area contributed by atoms with Gasteiger partial charge in [0.25, 0.3) is 0 Å². The average Bonchev–Trinajstić information content (AvgIpc) is 3.25. The van der Waals surface area contributed by atoms with E-state index in [1.54, 1.807) is 0 Å². The smallest absolute Gasteiger partial charge is 0.305 e. The second-order valence-electron chi connectivity index (χ2n) is 7.89. The summed E-state index contributed by atoms with van der Waals surface area (Å²) in [7, 11) is 2.65. The van der Waals surface area contributed by atoms with Gasteiger partial charge in [-0.2, -0.15) is 0 Å². The first kappa shape index (κ1) is 25.9. The SMILES string of the molecule is CCCCCCC(C/C=C\CCCCCCCC(=O)OCCCP)n1ccnc1. The minimum atomic E-state index is -0.0338. The largest absolute Gasteiger partial charge is 0.466 e. The molecule has 0 saturated heterocycles. The van der Waals surface area contributed by atoms with Crippen LogP contribution in [0.25, 0.3) is 0 Å². The summed E-state index contributed by atoms with van der Waals surface area (Å²) < 4.78 is 7.44. The minimum absolute atomic E-state index is 0.0338. The molecule has 2 atom stereocenters. The normalized spacial score (nSPS) is 12.5. The van der Waals surface area contributed by atoms with Crippen molar-refractivity contribution in [1.29, 1.82) is 0 Å². The second kappa shape index (κ2) is 18.9. The lowest BCUT2D eigenvalue weighted by Crippen LogP contribution is -2.06. The summed E-state index contributed by atoms with van der Waals surface area (Å²) in [5.41, 5.74) is 0. The fourth-order valence-electron chi connectivity index (χ4n) is 3.46. The first-order valence-corrected chi connectivity index (χ1v) is 12.6. The van der Waals surface area contributed by atoms with Crippen LogP contribution in [-0.4, -0.2) is 28.3 Å². The summed E-state index contributed by atoms with van der Waals surface area (Å²) in [5, 5.41) is 0. The van der Waals surface area contributed by atoms with Crippen LogP contribution < -0.4 is 0 Å². The third kappa shape index (κ3) is 14.5. The van der Waals surface area contributed by atoms with E-state index in [9.17, 15) is 4.79 Å².